The number of allylic oxidation sites excluding steroid dienone is 1. The van der Waals surface area contributed by atoms with Crippen LogP contribution in [0.15, 0.2) is 17.1 Å². The van der Waals surface area contributed by atoms with Gasteiger partial charge in [0.05, 0.1) is 0 Å². The molecular formula is C14H16N5O2+. The fraction of sp³-hybridized carbons (Fsp3) is 0.500. The lowest BCUT2D eigenvalue weighted by Crippen LogP contribution is -2.59. The van der Waals surface area contributed by atoms with Gasteiger partial charge in [-0.3, -0.25) is 4.79 Å². The molecule has 0 aromatic heterocycles. The van der Waals surface area contributed by atoms with Crippen LogP contribution in [-0.4, -0.2) is 65.1 Å². The Morgan fingerprint density at radius 2 is 2.14 bits per heavy atom. The number of piperidine rings is 1. The van der Waals surface area contributed by atoms with E-state index in [1.54, 1.807) is 19.2 Å². The predicted octanol–water partition coefficient (Wildman–Crippen LogP) is -0.949. The van der Waals surface area contributed by atoms with Crippen LogP contribution in [0.1, 0.15) is 12.8 Å². The number of carbonyl (C=O) groups excluding carboxylic acids is 2. The quantitative estimate of drug-likeness (QED) is 0.497. The van der Waals surface area contributed by atoms with Crippen LogP contribution in [-0.2, 0) is 9.59 Å². The maximum Gasteiger partial charge on any atom is 0.399 e. The zero-order valence-electron chi connectivity index (χ0n) is 11.7. The molecule has 3 heterocycles. The van der Waals surface area contributed by atoms with Gasteiger partial charge in [-0.1, -0.05) is 0 Å². The van der Waals surface area contributed by atoms with Crippen molar-refractivity contribution in [2.24, 2.45) is 4.99 Å². The van der Waals surface area contributed by atoms with E-state index in [9.17, 15) is 9.59 Å². The van der Waals surface area contributed by atoms with Gasteiger partial charge in [-0.05, 0) is 30.2 Å². The molecule has 0 bridgehead atoms. The third-order valence-electron chi connectivity index (χ3n) is 4.11. The molecule has 3 rings (SSSR count). The third kappa shape index (κ3) is 2.17. The topological polar surface area (TPSA) is 88.6 Å². The molecule has 0 spiro atoms. The number of fused-ring (bicyclic) bond motifs is 1. The molecule has 1 saturated heterocycles. The largest absolute Gasteiger partial charge is 0.399 e. The Hall–Kier alpha value is -2.33. The predicted molar refractivity (Wildman–Crippen MR) is 74.9 cm³/mol. The molecular weight excluding hydrogens is 270 g/mol. The van der Waals surface area contributed by atoms with E-state index in [0.29, 0.717) is 5.84 Å². The Labute approximate surface area is 122 Å². The summed E-state index contributed by atoms with van der Waals surface area (Å²) in [6.45, 7) is 1.61. The molecule has 0 radical (unpaired) electrons. The minimum Gasteiger partial charge on any atom is -0.317 e. The number of nitrogens with one attached hydrogen (secondary N) is 1. The molecule has 108 valence electrons. The fourth-order valence-electron chi connectivity index (χ4n) is 2.96. The molecule has 2 amide bonds. The van der Waals surface area contributed by atoms with E-state index in [1.807, 2.05) is 6.07 Å². The second-order valence-electron chi connectivity index (χ2n) is 5.34. The number of nitrogens with zero attached hydrogens (tertiary/aromatic N) is 4. The van der Waals surface area contributed by atoms with E-state index >= 15 is 0 Å². The van der Waals surface area contributed by atoms with E-state index in [4.69, 9.17) is 5.26 Å². The number of aliphatic imine (C=N–C) groups is 1. The first-order valence-electron chi connectivity index (χ1n) is 6.98. The first-order valence-corrected chi connectivity index (χ1v) is 6.98. The number of amidine groups is 1. The van der Waals surface area contributed by atoms with Crippen molar-refractivity contribution in [3.63, 3.8) is 0 Å². The number of dihydropyridines is 1. The smallest absolute Gasteiger partial charge is 0.317 e. The summed E-state index contributed by atoms with van der Waals surface area (Å²) in [5.41, 5.74) is 0.260. The molecule has 3 aliphatic rings. The van der Waals surface area contributed by atoms with Crippen molar-refractivity contribution in [3.8, 4) is 6.07 Å². The van der Waals surface area contributed by atoms with Crippen LogP contribution in [0.25, 0.3) is 0 Å². The second-order valence-corrected chi connectivity index (χ2v) is 5.34. The Morgan fingerprint density at radius 3 is 2.81 bits per heavy atom. The van der Waals surface area contributed by atoms with Crippen LogP contribution in [0, 0.1) is 11.3 Å². The molecule has 0 aromatic carbocycles. The van der Waals surface area contributed by atoms with Gasteiger partial charge >= 0.3 is 17.6 Å². The van der Waals surface area contributed by atoms with Gasteiger partial charge in [-0.15, -0.1) is 0 Å². The van der Waals surface area contributed by atoms with E-state index in [0.717, 1.165) is 25.9 Å². The number of likely N-dealkylation sites (N-methyl/N-ethyl adjacent to an activating group) is 1. The van der Waals surface area contributed by atoms with E-state index in [1.165, 1.54) is 9.48 Å². The van der Waals surface area contributed by atoms with Crippen LogP contribution in [0.3, 0.4) is 0 Å². The van der Waals surface area contributed by atoms with Gasteiger partial charge in [-0.2, -0.15) is 9.84 Å². The first kappa shape index (κ1) is 13.6. The molecule has 7 nitrogen and oxygen atoms in total. The van der Waals surface area contributed by atoms with Gasteiger partial charge in [0.1, 0.15) is 12.1 Å². The van der Waals surface area contributed by atoms with Crippen molar-refractivity contribution < 1.29 is 14.2 Å². The molecule has 0 saturated carbocycles. The van der Waals surface area contributed by atoms with Crippen molar-refractivity contribution in [1.82, 2.24) is 10.2 Å². The molecule has 21 heavy (non-hydrogen) atoms. The highest BCUT2D eigenvalue weighted by atomic mass is 16.2. The standard InChI is InChI=1S/C14H16N5O2/c1-18-11-3-2-9(8-15)17-12(11)19(14(21)13(18)20)10-4-6-16-7-5-10/h2-3,10-11,16H,4-7H2,1H3/q+1. The summed E-state index contributed by atoms with van der Waals surface area (Å²) >= 11 is 0. The lowest BCUT2D eigenvalue weighted by Gasteiger charge is -2.32. The van der Waals surface area contributed by atoms with Gasteiger partial charge < -0.3 is 10.2 Å². The van der Waals surface area contributed by atoms with Crippen LogP contribution in [0.4, 0.5) is 0 Å². The average Bonchev–Trinajstić information content (AvgIpc) is 2.53. The van der Waals surface area contributed by atoms with Gasteiger partial charge in [0, 0.05) is 19.9 Å². The fourth-order valence-corrected chi connectivity index (χ4v) is 2.96. The highest BCUT2D eigenvalue weighted by Crippen LogP contribution is 2.19. The Kier molecular flexibility index (Phi) is 3.39. The van der Waals surface area contributed by atoms with Crippen molar-refractivity contribution >= 4 is 23.4 Å². The lowest BCUT2D eigenvalue weighted by molar-refractivity contribution is -0.492. The maximum absolute atomic E-state index is 12.4. The monoisotopic (exact) mass is 286 g/mol. The number of hydrogen-bond acceptors (Lipinski definition) is 5. The zero-order valence-corrected chi connectivity index (χ0v) is 11.7. The minimum absolute atomic E-state index is 0.0379. The SMILES string of the molecule is CN1C(=O)C(=O)[N+](C2CCNCC2)=C2N=C(C#N)C=CC21. The van der Waals surface area contributed by atoms with Gasteiger partial charge in [0.2, 0.25) is 0 Å². The van der Waals surface area contributed by atoms with Crippen molar-refractivity contribution in [1.29, 1.82) is 5.26 Å². The summed E-state index contributed by atoms with van der Waals surface area (Å²) < 4.78 is 1.51. The van der Waals surface area contributed by atoms with E-state index < -0.39 is 11.8 Å². The third-order valence-corrected chi connectivity index (χ3v) is 4.11. The Balaban J connectivity index is 2.12. The average molecular weight is 286 g/mol. The first-order chi connectivity index (χ1) is 10.1. The highest BCUT2D eigenvalue weighted by Gasteiger charge is 2.47. The number of rotatable bonds is 1. The van der Waals surface area contributed by atoms with E-state index in [-0.39, 0.29) is 17.8 Å². The summed E-state index contributed by atoms with van der Waals surface area (Å²) in [7, 11) is 1.59. The summed E-state index contributed by atoms with van der Waals surface area (Å²) in [4.78, 5) is 30.2. The van der Waals surface area contributed by atoms with Gasteiger partial charge in [0.15, 0.2) is 6.04 Å². The lowest BCUT2D eigenvalue weighted by atomic mass is 10.0. The molecule has 1 atom stereocenters. The summed E-state index contributed by atoms with van der Waals surface area (Å²) in [6.07, 6.45) is 4.90. The van der Waals surface area contributed by atoms with Gasteiger partial charge in [0.25, 0.3) is 5.71 Å². The normalized spacial score (nSPS) is 26.6. The van der Waals surface area contributed by atoms with Crippen LogP contribution < -0.4 is 5.32 Å². The minimum atomic E-state index is -0.549. The molecule has 3 aliphatic heterocycles. The zero-order chi connectivity index (χ0) is 15.0. The number of amides is 2. The summed E-state index contributed by atoms with van der Waals surface area (Å²) in [6, 6.07) is 1.58. The van der Waals surface area contributed by atoms with Crippen molar-refractivity contribution in [2.75, 3.05) is 20.1 Å². The number of nitriles is 1. The second kappa shape index (κ2) is 5.22. The Bertz CT molecular complexity index is 634. The molecule has 0 aliphatic carbocycles. The summed E-state index contributed by atoms with van der Waals surface area (Å²) in [5.74, 6) is -0.581. The Morgan fingerprint density at radius 1 is 1.43 bits per heavy atom. The molecule has 1 fully saturated rings. The molecule has 0 aromatic rings. The van der Waals surface area contributed by atoms with E-state index in [2.05, 4.69) is 10.3 Å². The van der Waals surface area contributed by atoms with Crippen LogP contribution >= 0.6 is 0 Å². The molecule has 1 unspecified atom stereocenters. The number of carbonyl (C=O) groups is 2. The number of hydrogen-bond donors (Lipinski definition) is 1. The highest BCUT2D eigenvalue weighted by molar-refractivity contribution is 6.34. The summed E-state index contributed by atoms with van der Waals surface area (Å²) in [5, 5.41) is 12.3. The van der Waals surface area contributed by atoms with Crippen LogP contribution in [0.2, 0.25) is 0 Å². The van der Waals surface area contributed by atoms with Crippen molar-refractivity contribution in [3.05, 3.63) is 12.2 Å². The molecule has 1 N–H and O–H groups in total. The van der Waals surface area contributed by atoms with Crippen molar-refractivity contribution in [2.45, 2.75) is 24.9 Å². The van der Waals surface area contributed by atoms with Crippen LogP contribution in [0.5, 0.6) is 0 Å². The molecule has 7 heteroatoms. The van der Waals surface area contributed by atoms with Gasteiger partial charge in [-0.25, -0.2) is 4.79 Å². The maximum atomic E-state index is 12.4.